The molecule has 1 aromatic rings. The Hall–Kier alpha value is -1.26. The second-order valence-corrected chi connectivity index (χ2v) is 5.95. The molecule has 0 bridgehead atoms. The maximum absolute atomic E-state index is 12.3. The predicted octanol–water partition coefficient (Wildman–Crippen LogP) is 2.47. The van der Waals surface area contributed by atoms with Gasteiger partial charge in [-0.3, -0.25) is 4.79 Å². The fourth-order valence-corrected chi connectivity index (χ4v) is 2.54. The number of nitrogens with two attached hydrogens (primary N) is 1. The summed E-state index contributed by atoms with van der Waals surface area (Å²) in [5.41, 5.74) is 6.80. The van der Waals surface area contributed by atoms with Crippen molar-refractivity contribution in [3.8, 4) is 0 Å². The molecule has 19 heavy (non-hydrogen) atoms. The number of para-hydroxylation sites is 1. The van der Waals surface area contributed by atoms with Crippen LogP contribution < -0.4 is 16.0 Å². The van der Waals surface area contributed by atoms with Gasteiger partial charge in [0.25, 0.3) is 0 Å². The number of halogens is 1. The van der Waals surface area contributed by atoms with Crippen molar-refractivity contribution >= 4 is 28.9 Å². The summed E-state index contributed by atoms with van der Waals surface area (Å²) in [7, 11) is 3.78. The van der Waals surface area contributed by atoms with Crippen LogP contribution in [-0.2, 0) is 4.79 Å². The van der Waals surface area contributed by atoms with Gasteiger partial charge in [-0.15, -0.1) is 0 Å². The van der Waals surface area contributed by atoms with Gasteiger partial charge < -0.3 is 16.0 Å². The lowest BCUT2D eigenvalue weighted by Crippen LogP contribution is -2.50. The highest BCUT2D eigenvalue weighted by atomic mass is 35.5. The Morgan fingerprint density at radius 2 is 2.11 bits per heavy atom. The molecular formula is C14H20ClN3O. The Labute approximate surface area is 118 Å². The van der Waals surface area contributed by atoms with E-state index in [-0.39, 0.29) is 11.8 Å². The number of amides is 1. The summed E-state index contributed by atoms with van der Waals surface area (Å²) in [5.74, 6) is 0.134. The van der Waals surface area contributed by atoms with Crippen molar-refractivity contribution in [2.75, 3.05) is 24.3 Å². The molecule has 0 aromatic heterocycles. The van der Waals surface area contributed by atoms with E-state index in [0.717, 1.165) is 18.5 Å². The van der Waals surface area contributed by atoms with Crippen LogP contribution in [0.5, 0.6) is 0 Å². The number of hydrogen-bond acceptors (Lipinski definition) is 3. The first-order valence-electron chi connectivity index (χ1n) is 6.40. The third-order valence-corrected chi connectivity index (χ3v) is 3.90. The number of nitrogens with one attached hydrogen (secondary N) is 1. The lowest BCUT2D eigenvalue weighted by atomic mass is 9.96. The monoisotopic (exact) mass is 281 g/mol. The van der Waals surface area contributed by atoms with Crippen molar-refractivity contribution in [3.05, 3.63) is 23.2 Å². The first-order valence-corrected chi connectivity index (χ1v) is 6.78. The van der Waals surface area contributed by atoms with Gasteiger partial charge in [0, 0.05) is 14.1 Å². The van der Waals surface area contributed by atoms with Gasteiger partial charge in [-0.1, -0.05) is 17.7 Å². The SMILES string of the molecule is CN(C)c1c(Cl)cccc1NC(=O)C(C)(N)C1CC1. The minimum Gasteiger partial charge on any atom is -0.375 e. The first kappa shape index (κ1) is 14.2. The summed E-state index contributed by atoms with van der Waals surface area (Å²) in [6.45, 7) is 1.79. The van der Waals surface area contributed by atoms with Crippen LogP contribution in [0.3, 0.4) is 0 Å². The summed E-state index contributed by atoms with van der Waals surface area (Å²) < 4.78 is 0. The Morgan fingerprint density at radius 1 is 1.47 bits per heavy atom. The molecule has 0 heterocycles. The number of benzene rings is 1. The van der Waals surface area contributed by atoms with Crippen LogP contribution in [0.15, 0.2) is 18.2 Å². The first-order chi connectivity index (χ1) is 8.84. The van der Waals surface area contributed by atoms with Crippen LogP contribution in [0.2, 0.25) is 5.02 Å². The molecule has 1 unspecified atom stereocenters. The second kappa shape index (κ2) is 5.02. The average molecular weight is 282 g/mol. The third kappa shape index (κ3) is 2.85. The lowest BCUT2D eigenvalue weighted by Gasteiger charge is -2.25. The highest BCUT2D eigenvalue weighted by molar-refractivity contribution is 6.34. The normalized spacial score (nSPS) is 17.7. The van der Waals surface area contributed by atoms with Gasteiger partial charge in [-0.05, 0) is 37.8 Å². The molecule has 0 saturated heterocycles. The third-order valence-electron chi connectivity index (χ3n) is 3.60. The molecule has 1 aromatic carbocycles. The van der Waals surface area contributed by atoms with Crippen molar-refractivity contribution in [2.45, 2.75) is 25.3 Å². The molecule has 5 heteroatoms. The van der Waals surface area contributed by atoms with E-state index < -0.39 is 5.54 Å². The van der Waals surface area contributed by atoms with Crippen molar-refractivity contribution in [1.82, 2.24) is 0 Å². The number of rotatable bonds is 4. The summed E-state index contributed by atoms with van der Waals surface area (Å²) >= 11 is 6.17. The van der Waals surface area contributed by atoms with E-state index in [1.54, 1.807) is 13.0 Å². The predicted molar refractivity (Wildman–Crippen MR) is 79.7 cm³/mol. The van der Waals surface area contributed by atoms with E-state index in [4.69, 9.17) is 17.3 Å². The minimum absolute atomic E-state index is 0.152. The molecule has 1 aliphatic rings. The zero-order valence-corrected chi connectivity index (χ0v) is 12.3. The van der Waals surface area contributed by atoms with Gasteiger partial charge in [0.2, 0.25) is 5.91 Å². The van der Waals surface area contributed by atoms with Crippen LogP contribution in [0.1, 0.15) is 19.8 Å². The minimum atomic E-state index is -0.814. The van der Waals surface area contributed by atoms with Crippen LogP contribution in [0.25, 0.3) is 0 Å². The van der Waals surface area contributed by atoms with Gasteiger partial charge in [-0.25, -0.2) is 0 Å². The van der Waals surface area contributed by atoms with E-state index in [0.29, 0.717) is 10.7 Å². The van der Waals surface area contributed by atoms with Gasteiger partial charge >= 0.3 is 0 Å². The molecular weight excluding hydrogens is 262 g/mol. The summed E-state index contributed by atoms with van der Waals surface area (Å²) in [6.07, 6.45) is 2.05. The topological polar surface area (TPSA) is 58.4 Å². The van der Waals surface area contributed by atoms with Gasteiger partial charge in [-0.2, -0.15) is 0 Å². The standard InChI is InChI=1S/C14H20ClN3O/c1-14(16,9-7-8-9)13(19)17-11-6-4-5-10(15)12(11)18(2)3/h4-6,9H,7-8,16H2,1-3H3,(H,17,19). The zero-order chi connectivity index (χ0) is 14.2. The highest BCUT2D eigenvalue weighted by Crippen LogP contribution is 2.39. The highest BCUT2D eigenvalue weighted by Gasteiger charge is 2.44. The van der Waals surface area contributed by atoms with E-state index >= 15 is 0 Å². The van der Waals surface area contributed by atoms with E-state index in [1.807, 2.05) is 31.1 Å². The smallest absolute Gasteiger partial charge is 0.244 e. The van der Waals surface area contributed by atoms with Crippen LogP contribution in [-0.4, -0.2) is 25.5 Å². The van der Waals surface area contributed by atoms with Gasteiger partial charge in [0.1, 0.15) is 0 Å². The quantitative estimate of drug-likeness (QED) is 0.891. The summed E-state index contributed by atoms with van der Waals surface area (Å²) in [4.78, 5) is 14.2. The van der Waals surface area contributed by atoms with Gasteiger partial charge in [0.15, 0.2) is 0 Å². The number of anilines is 2. The van der Waals surface area contributed by atoms with Crippen LogP contribution in [0, 0.1) is 5.92 Å². The van der Waals surface area contributed by atoms with E-state index in [1.165, 1.54) is 0 Å². The number of nitrogens with zero attached hydrogens (tertiary/aromatic N) is 1. The number of carbonyl (C=O) groups excluding carboxylic acids is 1. The zero-order valence-electron chi connectivity index (χ0n) is 11.5. The molecule has 1 saturated carbocycles. The molecule has 104 valence electrons. The van der Waals surface area contributed by atoms with Crippen LogP contribution in [0.4, 0.5) is 11.4 Å². The average Bonchev–Trinajstić information content (AvgIpc) is 3.12. The Morgan fingerprint density at radius 3 is 2.63 bits per heavy atom. The van der Waals surface area contributed by atoms with E-state index in [9.17, 15) is 4.79 Å². The molecule has 0 spiro atoms. The Bertz CT molecular complexity index is 495. The molecule has 3 N–H and O–H groups in total. The molecule has 1 atom stereocenters. The largest absolute Gasteiger partial charge is 0.375 e. The summed E-state index contributed by atoms with van der Waals surface area (Å²) in [5, 5.41) is 3.51. The molecule has 0 radical (unpaired) electrons. The second-order valence-electron chi connectivity index (χ2n) is 5.54. The molecule has 4 nitrogen and oxygen atoms in total. The van der Waals surface area contributed by atoms with E-state index in [2.05, 4.69) is 5.32 Å². The fraction of sp³-hybridized carbons (Fsp3) is 0.500. The molecule has 1 aliphatic carbocycles. The van der Waals surface area contributed by atoms with Crippen molar-refractivity contribution in [3.63, 3.8) is 0 Å². The molecule has 1 fully saturated rings. The van der Waals surface area contributed by atoms with Crippen LogP contribution >= 0.6 is 11.6 Å². The van der Waals surface area contributed by atoms with Gasteiger partial charge in [0.05, 0.1) is 21.9 Å². The number of carbonyl (C=O) groups is 1. The molecule has 2 rings (SSSR count). The molecule has 1 amide bonds. The number of hydrogen-bond donors (Lipinski definition) is 2. The maximum atomic E-state index is 12.3. The maximum Gasteiger partial charge on any atom is 0.244 e. The van der Waals surface area contributed by atoms with Crippen molar-refractivity contribution < 1.29 is 4.79 Å². The van der Waals surface area contributed by atoms with Crippen molar-refractivity contribution in [2.24, 2.45) is 11.7 Å². The summed E-state index contributed by atoms with van der Waals surface area (Å²) in [6, 6.07) is 5.45. The Balaban J connectivity index is 2.24. The Kier molecular flexibility index (Phi) is 3.74. The molecule has 0 aliphatic heterocycles. The van der Waals surface area contributed by atoms with Crippen molar-refractivity contribution in [1.29, 1.82) is 0 Å². The lowest BCUT2D eigenvalue weighted by molar-refractivity contribution is -0.121. The fourth-order valence-electron chi connectivity index (χ4n) is 2.20.